The Morgan fingerprint density at radius 3 is 2.63 bits per heavy atom. The van der Waals surface area contributed by atoms with Crippen LogP contribution in [0.4, 0.5) is 4.39 Å². The monoisotopic (exact) mass is 373 g/mol. The van der Waals surface area contributed by atoms with E-state index in [0.717, 1.165) is 33.6 Å². The van der Waals surface area contributed by atoms with Gasteiger partial charge in [-0.1, -0.05) is 19.9 Å². The quantitative estimate of drug-likeness (QED) is 0.792. The van der Waals surface area contributed by atoms with E-state index >= 15 is 0 Å². The van der Waals surface area contributed by atoms with E-state index < -0.39 is 0 Å². The SMILES string of the molecule is CCNC(c1ccc(CC)o1)c1ccc(F)cc1I. The minimum Gasteiger partial charge on any atom is -0.464 e. The van der Waals surface area contributed by atoms with Gasteiger partial charge in [0.1, 0.15) is 17.3 Å². The standard InChI is InChI=1S/C15H17FINO/c1-3-11-6-8-14(19-11)15(18-4-2)12-7-5-10(16)9-13(12)17/h5-9,15,18H,3-4H2,1-2H3. The molecule has 4 heteroatoms. The van der Waals surface area contributed by atoms with Crippen molar-refractivity contribution in [3.63, 3.8) is 0 Å². The van der Waals surface area contributed by atoms with Crippen LogP contribution in [0.2, 0.25) is 0 Å². The van der Waals surface area contributed by atoms with Crippen LogP contribution in [-0.4, -0.2) is 6.54 Å². The summed E-state index contributed by atoms with van der Waals surface area (Å²) in [6, 6.07) is 8.81. The summed E-state index contributed by atoms with van der Waals surface area (Å²) in [7, 11) is 0. The van der Waals surface area contributed by atoms with Gasteiger partial charge in [-0.3, -0.25) is 0 Å². The zero-order valence-corrected chi connectivity index (χ0v) is 13.2. The fraction of sp³-hybridized carbons (Fsp3) is 0.333. The number of benzene rings is 1. The van der Waals surface area contributed by atoms with Crippen LogP contribution in [-0.2, 0) is 6.42 Å². The molecule has 0 bridgehead atoms. The molecule has 1 atom stereocenters. The largest absolute Gasteiger partial charge is 0.464 e. The highest BCUT2D eigenvalue weighted by molar-refractivity contribution is 14.1. The van der Waals surface area contributed by atoms with Gasteiger partial charge in [0.15, 0.2) is 0 Å². The number of aryl methyl sites for hydroxylation is 1. The van der Waals surface area contributed by atoms with Gasteiger partial charge in [0, 0.05) is 9.99 Å². The molecule has 19 heavy (non-hydrogen) atoms. The highest BCUT2D eigenvalue weighted by atomic mass is 127. The Hall–Kier alpha value is -0.880. The number of halogens is 2. The van der Waals surface area contributed by atoms with Crippen LogP contribution in [0.15, 0.2) is 34.7 Å². The van der Waals surface area contributed by atoms with Gasteiger partial charge in [-0.2, -0.15) is 0 Å². The van der Waals surface area contributed by atoms with E-state index in [1.54, 1.807) is 6.07 Å². The number of hydrogen-bond donors (Lipinski definition) is 1. The third-order valence-electron chi connectivity index (χ3n) is 3.00. The van der Waals surface area contributed by atoms with Gasteiger partial charge < -0.3 is 9.73 Å². The lowest BCUT2D eigenvalue weighted by Gasteiger charge is -2.17. The molecular formula is C15H17FINO. The van der Waals surface area contributed by atoms with Crippen LogP contribution in [0.5, 0.6) is 0 Å². The summed E-state index contributed by atoms with van der Waals surface area (Å²) < 4.78 is 19.9. The Balaban J connectivity index is 2.38. The van der Waals surface area contributed by atoms with Crippen molar-refractivity contribution in [2.45, 2.75) is 26.3 Å². The molecule has 0 radical (unpaired) electrons. The van der Waals surface area contributed by atoms with Crippen molar-refractivity contribution in [1.29, 1.82) is 0 Å². The first-order valence-electron chi connectivity index (χ1n) is 6.42. The fourth-order valence-electron chi connectivity index (χ4n) is 2.04. The lowest BCUT2D eigenvalue weighted by molar-refractivity contribution is 0.425. The molecule has 1 unspecified atom stereocenters. The minimum atomic E-state index is -0.211. The zero-order valence-electron chi connectivity index (χ0n) is 11.0. The number of rotatable bonds is 5. The minimum absolute atomic E-state index is 0.0298. The molecule has 0 saturated carbocycles. The summed E-state index contributed by atoms with van der Waals surface area (Å²) in [5.41, 5.74) is 1.04. The summed E-state index contributed by atoms with van der Waals surface area (Å²) in [5, 5.41) is 3.39. The van der Waals surface area contributed by atoms with Crippen molar-refractivity contribution in [3.8, 4) is 0 Å². The van der Waals surface area contributed by atoms with E-state index in [4.69, 9.17) is 4.42 Å². The van der Waals surface area contributed by atoms with Crippen molar-refractivity contribution in [1.82, 2.24) is 5.32 Å². The summed E-state index contributed by atoms with van der Waals surface area (Å²) in [5.74, 6) is 1.63. The molecule has 0 amide bonds. The Kier molecular flexibility index (Phi) is 4.99. The Bertz CT molecular complexity index is 553. The lowest BCUT2D eigenvalue weighted by atomic mass is 10.0. The van der Waals surface area contributed by atoms with Gasteiger partial charge >= 0.3 is 0 Å². The first-order chi connectivity index (χ1) is 9.15. The molecule has 0 aliphatic heterocycles. The second kappa shape index (κ2) is 6.52. The molecule has 1 heterocycles. The van der Waals surface area contributed by atoms with Crippen LogP contribution >= 0.6 is 22.6 Å². The summed E-state index contributed by atoms with van der Waals surface area (Å²) in [4.78, 5) is 0. The molecule has 0 aliphatic carbocycles. The molecule has 102 valence electrons. The Labute approximate surface area is 126 Å². The highest BCUT2D eigenvalue weighted by Gasteiger charge is 2.19. The topological polar surface area (TPSA) is 25.2 Å². The fourth-order valence-corrected chi connectivity index (χ4v) is 2.83. The lowest BCUT2D eigenvalue weighted by Crippen LogP contribution is -2.22. The van der Waals surface area contributed by atoms with Crippen LogP contribution in [0.3, 0.4) is 0 Å². The van der Waals surface area contributed by atoms with Crippen LogP contribution < -0.4 is 5.32 Å². The van der Waals surface area contributed by atoms with Gasteiger partial charge in [-0.15, -0.1) is 0 Å². The maximum atomic E-state index is 13.2. The summed E-state index contributed by atoms with van der Waals surface area (Å²) in [6.45, 7) is 4.93. The van der Waals surface area contributed by atoms with E-state index in [9.17, 15) is 4.39 Å². The van der Waals surface area contributed by atoms with Crippen molar-refractivity contribution in [2.24, 2.45) is 0 Å². The van der Waals surface area contributed by atoms with E-state index in [0.29, 0.717) is 0 Å². The second-order valence-electron chi connectivity index (χ2n) is 4.31. The molecule has 2 rings (SSSR count). The van der Waals surface area contributed by atoms with Gasteiger partial charge in [0.2, 0.25) is 0 Å². The molecular weight excluding hydrogens is 356 g/mol. The van der Waals surface area contributed by atoms with Gasteiger partial charge in [-0.05, 0) is 59.0 Å². The number of furan rings is 1. The van der Waals surface area contributed by atoms with E-state index in [1.165, 1.54) is 6.07 Å². The average molecular weight is 373 g/mol. The van der Waals surface area contributed by atoms with E-state index in [-0.39, 0.29) is 11.9 Å². The average Bonchev–Trinajstić information content (AvgIpc) is 2.85. The normalized spacial score (nSPS) is 12.6. The molecule has 2 nitrogen and oxygen atoms in total. The predicted molar refractivity (Wildman–Crippen MR) is 82.7 cm³/mol. The molecule has 2 aromatic rings. The summed E-state index contributed by atoms with van der Waals surface area (Å²) >= 11 is 2.16. The number of hydrogen-bond acceptors (Lipinski definition) is 2. The third-order valence-corrected chi connectivity index (χ3v) is 3.93. The molecule has 0 fully saturated rings. The van der Waals surface area contributed by atoms with Crippen molar-refractivity contribution < 1.29 is 8.81 Å². The summed E-state index contributed by atoms with van der Waals surface area (Å²) in [6.07, 6.45) is 0.874. The first-order valence-corrected chi connectivity index (χ1v) is 7.50. The van der Waals surface area contributed by atoms with Crippen LogP contribution in [0.25, 0.3) is 0 Å². The Morgan fingerprint density at radius 1 is 1.26 bits per heavy atom. The second-order valence-corrected chi connectivity index (χ2v) is 5.48. The van der Waals surface area contributed by atoms with Crippen LogP contribution in [0, 0.1) is 9.39 Å². The van der Waals surface area contributed by atoms with Crippen molar-refractivity contribution in [3.05, 3.63) is 56.8 Å². The number of nitrogens with one attached hydrogen (secondary N) is 1. The van der Waals surface area contributed by atoms with Gasteiger partial charge in [-0.25, -0.2) is 4.39 Å². The van der Waals surface area contributed by atoms with Crippen molar-refractivity contribution in [2.75, 3.05) is 6.54 Å². The predicted octanol–water partition coefficient (Wildman–Crippen LogP) is 4.28. The molecule has 0 spiro atoms. The molecule has 0 saturated heterocycles. The van der Waals surface area contributed by atoms with E-state index in [2.05, 4.69) is 34.8 Å². The smallest absolute Gasteiger partial charge is 0.125 e. The van der Waals surface area contributed by atoms with E-state index in [1.807, 2.05) is 25.1 Å². The Morgan fingerprint density at radius 2 is 2.05 bits per heavy atom. The highest BCUT2D eigenvalue weighted by Crippen LogP contribution is 2.28. The maximum Gasteiger partial charge on any atom is 0.125 e. The maximum absolute atomic E-state index is 13.2. The zero-order chi connectivity index (χ0) is 13.8. The van der Waals surface area contributed by atoms with Gasteiger partial charge in [0.25, 0.3) is 0 Å². The molecule has 0 aliphatic rings. The first kappa shape index (κ1) is 14.5. The molecule has 1 aromatic heterocycles. The molecule has 1 N–H and O–H groups in total. The van der Waals surface area contributed by atoms with Crippen LogP contribution in [0.1, 0.15) is 37.0 Å². The van der Waals surface area contributed by atoms with Crippen molar-refractivity contribution >= 4 is 22.6 Å². The van der Waals surface area contributed by atoms with Gasteiger partial charge in [0.05, 0.1) is 6.04 Å². The third kappa shape index (κ3) is 3.36. The molecule has 1 aromatic carbocycles.